The first-order chi connectivity index (χ1) is 13.8. The predicted molar refractivity (Wildman–Crippen MR) is 120 cm³/mol. The van der Waals surface area contributed by atoms with E-state index in [4.69, 9.17) is 0 Å². The van der Waals surface area contributed by atoms with E-state index < -0.39 is 11.4 Å². The van der Waals surface area contributed by atoms with Crippen LogP contribution in [-0.2, 0) is 4.79 Å². The minimum Gasteiger partial charge on any atom is -0.481 e. The van der Waals surface area contributed by atoms with Gasteiger partial charge in [0.1, 0.15) is 0 Å². The molecular formula is C27H42O2. The summed E-state index contributed by atoms with van der Waals surface area (Å²) in [5, 5.41) is 10.4. The predicted octanol–water partition coefficient (Wildman–Crippen LogP) is 7.40. The van der Waals surface area contributed by atoms with Gasteiger partial charge < -0.3 is 5.11 Å². The highest BCUT2D eigenvalue weighted by molar-refractivity contribution is 5.80. The van der Waals surface area contributed by atoms with Crippen LogP contribution >= 0.6 is 0 Å². The van der Waals surface area contributed by atoms with E-state index in [-0.39, 0.29) is 0 Å². The second-order valence-electron chi connectivity index (χ2n) is 11.4. The SMILES string of the molecule is CC(C)=CCC[C@@H](C)[C@H]1CC[C@H]2[C@@H]3CC=C4CCCC[C@]4(C(=O)O)[C@H]3CC[C@]12C. The van der Waals surface area contributed by atoms with Crippen molar-refractivity contribution in [1.82, 2.24) is 0 Å². The van der Waals surface area contributed by atoms with E-state index in [1.807, 2.05) is 0 Å². The summed E-state index contributed by atoms with van der Waals surface area (Å²) in [7, 11) is 0. The van der Waals surface area contributed by atoms with E-state index in [9.17, 15) is 9.90 Å². The molecule has 162 valence electrons. The van der Waals surface area contributed by atoms with Gasteiger partial charge in [-0.05, 0) is 113 Å². The summed E-state index contributed by atoms with van der Waals surface area (Å²) in [5.41, 5.74) is 2.64. The van der Waals surface area contributed by atoms with Gasteiger partial charge >= 0.3 is 5.97 Å². The van der Waals surface area contributed by atoms with Gasteiger partial charge in [0.15, 0.2) is 0 Å². The minimum absolute atomic E-state index is 0.387. The van der Waals surface area contributed by atoms with Crippen LogP contribution in [0.1, 0.15) is 98.3 Å². The summed E-state index contributed by atoms with van der Waals surface area (Å²) in [4.78, 5) is 12.6. The summed E-state index contributed by atoms with van der Waals surface area (Å²) < 4.78 is 0. The molecule has 3 fully saturated rings. The largest absolute Gasteiger partial charge is 0.481 e. The number of allylic oxidation sites excluding steroid dienone is 3. The van der Waals surface area contributed by atoms with Crippen LogP contribution in [0.3, 0.4) is 0 Å². The van der Waals surface area contributed by atoms with Crippen molar-refractivity contribution in [2.45, 2.75) is 98.3 Å². The van der Waals surface area contributed by atoms with Crippen LogP contribution in [0.15, 0.2) is 23.3 Å². The van der Waals surface area contributed by atoms with Gasteiger partial charge in [-0.25, -0.2) is 0 Å². The zero-order chi connectivity index (χ0) is 20.8. The first-order valence-electron chi connectivity index (χ1n) is 12.4. The Hall–Kier alpha value is -1.05. The molecule has 29 heavy (non-hydrogen) atoms. The molecule has 2 heteroatoms. The van der Waals surface area contributed by atoms with Crippen LogP contribution in [0, 0.1) is 40.4 Å². The molecule has 0 aromatic heterocycles. The van der Waals surface area contributed by atoms with Gasteiger partial charge in [-0.2, -0.15) is 0 Å². The van der Waals surface area contributed by atoms with E-state index in [0.29, 0.717) is 17.3 Å². The third-order valence-corrected chi connectivity index (χ3v) is 9.86. The van der Waals surface area contributed by atoms with Gasteiger partial charge in [-0.1, -0.05) is 43.6 Å². The lowest BCUT2D eigenvalue weighted by Gasteiger charge is -2.57. The number of aliphatic carboxylic acids is 1. The quantitative estimate of drug-likeness (QED) is 0.490. The Morgan fingerprint density at radius 3 is 2.72 bits per heavy atom. The molecule has 4 rings (SSSR count). The number of carboxylic acid groups (broad SMARTS) is 1. The molecule has 0 radical (unpaired) electrons. The molecule has 0 bridgehead atoms. The smallest absolute Gasteiger partial charge is 0.314 e. The van der Waals surface area contributed by atoms with Crippen molar-refractivity contribution in [3.63, 3.8) is 0 Å². The van der Waals surface area contributed by atoms with Gasteiger partial charge in [0, 0.05) is 0 Å². The van der Waals surface area contributed by atoms with E-state index in [0.717, 1.165) is 49.9 Å². The molecule has 4 aliphatic carbocycles. The van der Waals surface area contributed by atoms with Crippen LogP contribution in [-0.4, -0.2) is 11.1 Å². The number of carbonyl (C=O) groups is 1. The standard InChI is InChI=1S/C27H42O2/c1-18(2)8-7-9-19(3)22-13-14-23-21-12-11-20-10-5-6-16-27(20,25(28)29)24(21)15-17-26(22,23)4/h8,11,19,21-24H,5-7,9-10,12-17H2,1-4H3,(H,28,29)/t19-,21+,22-,23+,24+,26-,27-/m1/s1. The van der Waals surface area contributed by atoms with E-state index in [2.05, 4.69) is 39.8 Å². The van der Waals surface area contributed by atoms with Crippen LogP contribution < -0.4 is 0 Å². The molecular weight excluding hydrogens is 356 g/mol. The van der Waals surface area contributed by atoms with Crippen molar-refractivity contribution < 1.29 is 9.90 Å². The summed E-state index contributed by atoms with van der Waals surface area (Å²) in [5.74, 6) is 2.80. The molecule has 0 aromatic carbocycles. The third-order valence-electron chi connectivity index (χ3n) is 9.86. The molecule has 0 unspecified atom stereocenters. The third kappa shape index (κ3) is 3.33. The number of carboxylic acids is 1. The molecule has 2 nitrogen and oxygen atoms in total. The summed E-state index contributed by atoms with van der Waals surface area (Å²) >= 11 is 0. The van der Waals surface area contributed by atoms with Crippen molar-refractivity contribution in [2.75, 3.05) is 0 Å². The van der Waals surface area contributed by atoms with Gasteiger partial charge in [0.2, 0.25) is 0 Å². The highest BCUT2D eigenvalue weighted by Gasteiger charge is 2.62. The average molecular weight is 399 g/mol. The number of hydrogen-bond donors (Lipinski definition) is 1. The zero-order valence-electron chi connectivity index (χ0n) is 19.2. The fourth-order valence-corrected chi connectivity index (χ4v) is 8.53. The number of hydrogen-bond acceptors (Lipinski definition) is 1. The Balaban J connectivity index is 1.57. The Labute approximate surface area is 178 Å². The highest BCUT2D eigenvalue weighted by Crippen LogP contribution is 2.67. The summed E-state index contributed by atoms with van der Waals surface area (Å²) in [6, 6.07) is 0. The minimum atomic E-state index is -0.518. The highest BCUT2D eigenvalue weighted by atomic mass is 16.4. The zero-order valence-corrected chi connectivity index (χ0v) is 19.2. The maximum Gasteiger partial charge on any atom is 0.314 e. The summed E-state index contributed by atoms with van der Waals surface area (Å²) in [6.07, 6.45) is 17.7. The van der Waals surface area contributed by atoms with E-state index in [1.165, 1.54) is 49.7 Å². The Morgan fingerprint density at radius 2 is 2.00 bits per heavy atom. The van der Waals surface area contributed by atoms with Crippen molar-refractivity contribution in [3.8, 4) is 0 Å². The monoisotopic (exact) mass is 398 g/mol. The fraction of sp³-hybridized carbons (Fsp3) is 0.815. The molecule has 0 aliphatic heterocycles. The van der Waals surface area contributed by atoms with Crippen molar-refractivity contribution >= 4 is 5.97 Å². The van der Waals surface area contributed by atoms with Gasteiger partial charge in [-0.3, -0.25) is 4.79 Å². The lowest BCUT2D eigenvalue weighted by atomic mass is 9.46. The normalized spacial score (nSPS) is 42.1. The maximum atomic E-state index is 12.6. The average Bonchev–Trinajstić information content (AvgIpc) is 3.04. The first kappa shape index (κ1) is 21.2. The van der Waals surface area contributed by atoms with Gasteiger partial charge in [0.05, 0.1) is 5.41 Å². The molecule has 0 saturated heterocycles. The second kappa shape index (κ2) is 7.89. The number of fused-ring (bicyclic) bond motifs is 5. The van der Waals surface area contributed by atoms with Crippen molar-refractivity contribution in [3.05, 3.63) is 23.3 Å². The second-order valence-corrected chi connectivity index (χ2v) is 11.4. The molecule has 4 aliphatic rings. The van der Waals surface area contributed by atoms with Crippen LogP contribution in [0.4, 0.5) is 0 Å². The molecule has 1 N–H and O–H groups in total. The van der Waals surface area contributed by atoms with E-state index >= 15 is 0 Å². The topological polar surface area (TPSA) is 37.3 Å². The Morgan fingerprint density at radius 1 is 1.21 bits per heavy atom. The van der Waals surface area contributed by atoms with Crippen LogP contribution in [0.2, 0.25) is 0 Å². The lowest BCUT2D eigenvalue weighted by Crippen LogP contribution is -2.53. The Kier molecular flexibility index (Phi) is 5.77. The first-order valence-corrected chi connectivity index (χ1v) is 12.4. The molecule has 3 saturated carbocycles. The van der Waals surface area contributed by atoms with Gasteiger partial charge in [-0.15, -0.1) is 0 Å². The number of rotatable bonds is 5. The maximum absolute atomic E-state index is 12.6. The fourth-order valence-electron chi connectivity index (χ4n) is 8.53. The molecule has 0 aromatic rings. The van der Waals surface area contributed by atoms with Crippen molar-refractivity contribution in [2.24, 2.45) is 40.4 Å². The summed E-state index contributed by atoms with van der Waals surface area (Å²) in [6.45, 7) is 9.47. The van der Waals surface area contributed by atoms with Crippen LogP contribution in [0.25, 0.3) is 0 Å². The van der Waals surface area contributed by atoms with Crippen molar-refractivity contribution in [1.29, 1.82) is 0 Å². The molecule has 0 amide bonds. The lowest BCUT2D eigenvalue weighted by molar-refractivity contribution is -0.158. The van der Waals surface area contributed by atoms with Gasteiger partial charge in [0.25, 0.3) is 0 Å². The molecule has 0 heterocycles. The van der Waals surface area contributed by atoms with Crippen LogP contribution in [0.5, 0.6) is 0 Å². The molecule has 7 atom stereocenters. The Bertz CT molecular complexity index is 699. The van der Waals surface area contributed by atoms with E-state index in [1.54, 1.807) is 0 Å². The molecule has 0 spiro atoms.